The van der Waals surface area contributed by atoms with E-state index in [2.05, 4.69) is 35.4 Å². The molecule has 0 aliphatic carbocycles. The number of hydrogen-bond donors (Lipinski definition) is 1. The first kappa shape index (κ1) is 8.80. The maximum Gasteiger partial charge on any atom is 0.0587 e. The van der Waals surface area contributed by atoms with Crippen LogP contribution in [0.25, 0.3) is 0 Å². The Balaban J connectivity index is 2.15. The van der Waals surface area contributed by atoms with E-state index in [9.17, 15) is 0 Å². The normalized spacial score (nSPS) is 12.6. The van der Waals surface area contributed by atoms with Gasteiger partial charge in [-0.3, -0.25) is 4.98 Å². The van der Waals surface area contributed by atoms with Gasteiger partial charge in [0.25, 0.3) is 0 Å². The highest BCUT2D eigenvalue weighted by atomic mass is 32.2. The third-order valence-electron chi connectivity index (χ3n) is 2.47. The molecule has 15 heavy (non-hydrogen) atoms. The van der Waals surface area contributed by atoms with Gasteiger partial charge in [0.1, 0.15) is 0 Å². The van der Waals surface area contributed by atoms with Crippen molar-refractivity contribution in [2.45, 2.75) is 16.7 Å². The van der Waals surface area contributed by atoms with Crippen molar-refractivity contribution < 1.29 is 0 Å². The van der Waals surface area contributed by atoms with Crippen LogP contribution in [0.3, 0.4) is 0 Å². The van der Waals surface area contributed by atoms with Crippen LogP contribution in [0.2, 0.25) is 0 Å². The molecule has 0 radical (unpaired) electrons. The number of aryl methyl sites for hydroxylation is 1. The highest BCUT2D eigenvalue weighted by Gasteiger charge is 2.16. The average Bonchev–Trinajstić information content (AvgIpc) is 2.27. The van der Waals surface area contributed by atoms with Crippen molar-refractivity contribution in [3.63, 3.8) is 0 Å². The number of nitrogens with zero attached hydrogens (tertiary/aromatic N) is 1. The second-order valence-corrected chi connectivity index (χ2v) is 4.64. The van der Waals surface area contributed by atoms with Gasteiger partial charge in [0.05, 0.1) is 16.3 Å². The zero-order valence-electron chi connectivity index (χ0n) is 8.32. The molecule has 2 heterocycles. The monoisotopic (exact) mass is 214 g/mol. The molecule has 0 fully saturated rings. The number of fused-ring (bicyclic) bond motifs is 2. The van der Waals surface area contributed by atoms with Gasteiger partial charge in [-0.2, -0.15) is 0 Å². The van der Waals surface area contributed by atoms with E-state index >= 15 is 0 Å². The number of nitrogens with one attached hydrogen (secondary N) is 1. The molecule has 0 saturated carbocycles. The zero-order valence-corrected chi connectivity index (χ0v) is 9.14. The van der Waals surface area contributed by atoms with E-state index < -0.39 is 0 Å². The third-order valence-corrected chi connectivity index (χ3v) is 3.57. The Morgan fingerprint density at radius 2 is 2.00 bits per heavy atom. The Kier molecular flexibility index (Phi) is 1.92. The molecule has 0 bridgehead atoms. The smallest absolute Gasteiger partial charge is 0.0587 e. The Morgan fingerprint density at radius 1 is 1.13 bits per heavy atom. The fourth-order valence-corrected chi connectivity index (χ4v) is 2.73. The van der Waals surface area contributed by atoms with Crippen LogP contribution in [0.5, 0.6) is 0 Å². The summed E-state index contributed by atoms with van der Waals surface area (Å²) in [6.45, 7) is 2.08. The first-order valence-electron chi connectivity index (χ1n) is 4.83. The van der Waals surface area contributed by atoms with Gasteiger partial charge >= 0.3 is 0 Å². The number of benzene rings is 1. The van der Waals surface area contributed by atoms with E-state index in [4.69, 9.17) is 0 Å². The summed E-state index contributed by atoms with van der Waals surface area (Å²) in [6.07, 6.45) is 3.80. The topological polar surface area (TPSA) is 24.9 Å². The van der Waals surface area contributed by atoms with Crippen LogP contribution >= 0.6 is 11.8 Å². The van der Waals surface area contributed by atoms with Crippen molar-refractivity contribution in [3.8, 4) is 0 Å². The quantitative estimate of drug-likeness (QED) is 0.619. The lowest BCUT2D eigenvalue weighted by Gasteiger charge is -2.21. The summed E-state index contributed by atoms with van der Waals surface area (Å²) in [5.74, 6) is 0. The summed E-state index contributed by atoms with van der Waals surface area (Å²) in [7, 11) is 0. The van der Waals surface area contributed by atoms with Crippen molar-refractivity contribution in [2.75, 3.05) is 5.32 Å². The molecule has 0 atom stereocenters. The Bertz CT molecular complexity index is 523. The van der Waals surface area contributed by atoms with Gasteiger partial charge in [0, 0.05) is 17.3 Å². The molecule has 0 spiro atoms. The molecule has 1 aliphatic rings. The second kappa shape index (κ2) is 3.28. The Hall–Kier alpha value is -1.48. The molecule has 1 aromatic heterocycles. The van der Waals surface area contributed by atoms with Crippen LogP contribution in [0.4, 0.5) is 11.4 Å². The standard InChI is InChI=1S/C12H10N2S/c1-8-6-13-7-11-12(8)14-9-4-2-3-5-10(9)15-11/h2-7,14H,1H3. The summed E-state index contributed by atoms with van der Waals surface area (Å²) in [5, 5.41) is 3.45. The van der Waals surface area contributed by atoms with Crippen molar-refractivity contribution in [3.05, 3.63) is 42.2 Å². The summed E-state index contributed by atoms with van der Waals surface area (Å²) in [4.78, 5) is 6.67. The van der Waals surface area contributed by atoms with Crippen LogP contribution in [0.15, 0.2) is 46.5 Å². The predicted octanol–water partition coefficient (Wildman–Crippen LogP) is 3.60. The highest BCUT2D eigenvalue weighted by Crippen LogP contribution is 2.44. The third kappa shape index (κ3) is 1.39. The molecule has 74 valence electrons. The second-order valence-electron chi connectivity index (χ2n) is 3.55. The molecular weight excluding hydrogens is 204 g/mol. The van der Waals surface area contributed by atoms with Gasteiger partial charge in [-0.15, -0.1) is 0 Å². The highest BCUT2D eigenvalue weighted by molar-refractivity contribution is 7.99. The molecular formula is C12H10N2S. The maximum absolute atomic E-state index is 4.21. The van der Waals surface area contributed by atoms with E-state index in [0.29, 0.717) is 0 Å². The van der Waals surface area contributed by atoms with Gasteiger partial charge in [0.2, 0.25) is 0 Å². The minimum absolute atomic E-state index is 1.18. The zero-order chi connectivity index (χ0) is 10.3. The molecule has 2 nitrogen and oxygen atoms in total. The minimum Gasteiger partial charge on any atom is -0.353 e. The lowest BCUT2D eigenvalue weighted by atomic mass is 10.2. The van der Waals surface area contributed by atoms with Gasteiger partial charge < -0.3 is 5.32 Å². The van der Waals surface area contributed by atoms with E-state index in [-0.39, 0.29) is 0 Å². The van der Waals surface area contributed by atoms with Crippen LogP contribution in [-0.4, -0.2) is 4.98 Å². The van der Waals surface area contributed by atoms with Crippen molar-refractivity contribution >= 4 is 23.1 Å². The molecule has 0 amide bonds. The van der Waals surface area contributed by atoms with Gasteiger partial charge in [-0.05, 0) is 24.6 Å². The van der Waals surface area contributed by atoms with Crippen molar-refractivity contribution in [1.82, 2.24) is 4.98 Å². The summed E-state index contributed by atoms with van der Waals surface area (Å²) in [6, 6.07) is 8.33. The van der Waals surface area contributed by atoms with Crippen molar-refractivity contribution in [2.24, 2.45) is 0 Å². The molecule has 3 heteroatoms. The molecule has 0 unspecified atom stereocenters. The fourth-order valence-electron chi connectivity index (χ4n) is 1.69. The number of para-hydroxylation sites is 1. The van der Waals surface area contributed by atoms with E-state index in [0.717, 1.165) is 0 Å². The largest absolute Gasteiger partial charge is 0.353 e. The number of aromatic nitrogens is 1. The minimum atomic E-state index is 1.18. The maximum atomic E-state index is 4.21. The first-order valence-corrected chi connectivity index (χ1v) is 5.65. The molecule has 1 aromatic carbocycles. The van der Waals surface area contributed by atoms with Crippen LogP contribution in [0.1, 0.15) is 5.56 Å². The Labute approximate surface area is 92.7 Å². The summed E-state index contributed by atoms with van der Waals surface area (Å²) in [5.41, 5.74) is 3.56. The molecule has 2 aromatic rings. The number of hydrogen-bond acceptors (Lipinski definition) is 3. The van der Waals surface area contributed by atoms with Gasteiger partial charge in [-0.1, -0.05) is 23.9 Å². The summed E-state index contributed by atoms with van der Waals surface area (Å²) < 4.78 is 0. The fraction of sp³-hybridized carbons (Fsp3) is 0.0833. The van der Waals surface area contributed by atoms with Gasteiger partial charge in [-0.25, -0.2) is 0 Å². The number of anilines is 2. The number of rotatable bonds is 0. The lowest BCUT2D eigenvalue weighted by molar-refractivity contribution is 1.17. The van der Waals surface area contributed by atoms with E-state index in [1.807, 2.05) is 18.5 Å². The SMILES string of the molecule is Cc1cncc2c1Nc1ccccc1S2. The Morgan fingerprint density at radius 3 is 2.93 bits per heavy atom. The first-order chi connectivity index (χ1) is 7.34. The van der Waals surface area contributed by atoms with Crippen LogP contribution < -0.4 is 5.32 Å². The average molecular weight is 214 g/mol. The van der Waals surface area contributed by atoms with Crippen molar-refractivity contribution in [1.29, 1.82) is 0 Å². The lowest BCUT2D eigenvalue weighted by Crippen LogP contribution is -2.01. The molecule has 1 aliphatic heterocycles. The molecule has 3 rings (SSSR count). The molecule has 0 saturated heterocycles. The molecule has 1 N–H and O–H groups in total. The predicted molar refractivity (Wildman–Crippen MR) is 62.8 cm³/mol. The van der Waals surface area contributed by atoms with E-state index in [1.165, 1.54) is 26.7 Å². The van der Waals surface area contributed by atoms with Crippen LogP contribution in [-0.2, 0) is 0 Å². The summed E-state index contributed by atoms with van der Waals surface area (Å²) >= 11 is 1.77. The van der Waals surface area contributed by atoms with Crippen LogP contribution in [0, 0.1) is 6.92 Å². The van der Waals surface area contributed by atoms with Gasteiger partial charge in [0.15, 0.2) is 0 Å². The number of pyridine rings is 1. The van der Waals surface area contributed by atoms with E-state index in [1.54, 1.807) is 11.8 Å².